The largest absolute Gasteiger partial charge is 0.423 e. The lowest BCUT2D eigenvalue weighted by Gasteiger charge is -2.08. The molecule has 0 saturated heterocycles. The quantitative estimate of drug-likeness (QED) is 0.200. The van der Waals surface area contributed by atoms with Crippen LogP contribution in [-0.2, 0) is 5.75 Å². The van der Waals surface area contributed by atoms with E-state index in [1.807, 2.05) is 42.5 Å². The maximum Gasteiger partial charge on any atom is 0.336 e. The Hall–Kier alpha value is -2.89. The summed E-state index contributed by atoms with van der Waals surface area (Å²) in [5, 5.41) is 5.31. The van der Waals surface area contributed by atoms with Gasteiger partial charge in [0.15, 0.2) is 4.34 Å². The number of benzene rings is 3. The zero-order valence-electron chi connectivity index (χ0n) is 14.8. The van der Waals surface area contributed by atoms with Gasteiger partial charge in [0.2, 0.25) is 0 Å². The first kappa shape index (κ1) is 17.2. The molecule has 0 radical (unpaired) electrons. The van der Waals surface area contributed by atoms with Crippen LogP contribution in [0.15, 0.2) is 91.7 Å². The third-order valence-electron chi connectivity index (χ3n) is 4.62. The molecule has 0 aliphatic heterocycles. The normalized spacial score (nSPS) is 11.3. The van der Waals surface area contributed by atoms with Gasteiger partial charge >= 0.3 is 5.63 Å². The van der Waals surface area contributed by atoms with Crippen molar-refractivity contribution in [1.29, 1.82) is 0 Å². The van der Waals surface area contributed by atoms with Crippen molar-refractivity contribution in [2.75, 3.05) is 0 Å². The van der Waals surface area contributed by atoms with Crippen LogP contribution in [0.5, 0.6) is 0 Å². The lowest BCUT2D eigenvalue weighted by Crippen LogP contribution is -2.00. The van der Waals surface area contributed by atoms with E-state index in [0.29, 0.717) is 11.3 Å². The molecule has 0 spiro atoms. The number of hydrogen-bond donors (Lipinski definition) is 0. The van der Waals surface area contributed by atoms with Gasteiger partial charge in [-0.3, -0.25) is 0 Å². The van der Waals surface area contributed by atoms with Crippen molar-refractivity contribution in [2.24, 2.45) is 0 Å². The summed E-state index contributed by atoms with van der Waals surface area (Å²) in [6.45, 7) is 0. The smallest absolute Gasteiger partial charge is 0.336 e. The second-order valence-electron chi connectivity index (χ2n) is 6.40. The molecular weight excluding hydrogens is 386 g/mol. The SMILES string of the molecule is O=c1cc(CSc2nc(-c3ccccc3)cs2)c2c(ccc3ccccc32)o1. The molecule has 0 aliphatic rings. The standard InChI is InChI=1S/C23H15NO2S2/c25-21-12-17(22-18-9-5-4-6-15(18)10-11-20(22)26-21)13-27-23-24-19(14-28-23)16-7-2-1-3-8-16/h1-12,14H,13H2. The fourth-order valence-corrected chi connectivity index (χ4v) is 5.15. The van der Waals surface area contributed by atoms with Crippen molar-refractivity contribution >= 4 is 44.8 Å². The van der Waals surface area contributed by atoms with E-state index >= 15 is 0 Å². The van der Waals surface area contributed by atoms with Gasteiger partial charge in [-0.05, 0) is 22.4 Å². The highest BCUT2D eigenvalue weighted by Crippen LogP contribution is 2.34. The molecule has 0 fully saturated rings. The van der Waals surface area contributed by atoms with E-state index in [0.717, 1.165) is 37.3 Å². The Balaban J connectivity index is 1.51. The van der Waals surface area contributed by atoms with Crippen LogP contribution < -0.4 is 5.63 Å². The van der Waals surface area contributed by atoms with Gasteiger partial charge in [-0.1, -0.05) is 72.4 Å². The lowest BCUT2D eigenvalue weighted by atomic mass is 10.0. The van der Waals surface area contributed by atoms with E-state index in [2.05, 4.69) is 29.6 Å². The third-order valence-corrected chi connectivity index (χ3v) is 6.69. The average Bonchev–Trinajstić information content (AvgIpc) is 3.21. The monoisotopic (exact) mass is 401 g/mol. The summed E-state index contributed by atoms with van der Waals surface area (Å²) < 4.78 is 6.43. The Morgan fingerprint density at radius 1 is 0.964 bits per heavy atom. The predicted molar refractivity (Wildman–Crippen MR) is 117 cm³/mol. The van der Waals surface area contributed by atoms with E-state index in [-0.39, 0.29) is 5.63 Å². The molecule has 0 unspecified atom stereocenters. The van der Waals surface area contributed by atoms with E-state index < -0.39 is 0 Å². The van der Waals surface area contributed by atoms with Gasteiger partial charge in [0.1, 0.15) is 5.58 Å². The fourth-order valence-electron chi connectivity index (χ4n) is 3.34. The Morgan fingerprint density at radius 3 is 2.68 bits per heavy atom. The maximum atomic E-state index is 12.1. The van der Waals surface area contributed by atoms with Crippen molar-refractivity contribution in [3.8, 4) is 11.3 Å². The number of thiazole rings is 1. The summed E-state index contributed by atoms with van der Waals surface area (Å²) in [7, 11) is 0. The molecule has 5 aromatic rings. The van der Waals surface area contributed by atoms with Crippen molar-refractivity contribution in [1.82, 2.24) is 4.98 Å². The number of aromatic nitrogens is 1. The van der Waals surface area contributed by atoms with Gasteiger partial charge in [-0.2, -0.15) is 0 Å². The molecule has 3 nitrogen and oxygen atoms in total. The first-order valence-electron chi connectivity index (χ1n) is 8.86. The van der Waals surface area contributed by atoms with Gasteiger partial charge in [0.25, 0.3) is 0 Å². The van der Waals surface area contributed by atoms with Gasteiger partial charge < -0.3 is 4.42 Å². The Bertz CT molecular complexity index is 1340. The number of thioether (sulfide) groups is 1. The van der Waals surface area contributed by atoms with E-state index in [4.69, 9.17) is 9.40 Å². The molecule has 3 aromatic carbocycles. The van der Waals surface area contributed by atoms with Crippen LogP contribution in [0.4, 0.5) is 0 Å². The number of rotatable bonds is 4. The third kappa shape index (κ3) is 3.23. The highest BCUT2D eigenvalue weighted by Gasteiger charge is 2.11. The topological polar surface area (TPSA) is 43.1 Å². The number of fused-ring (bicyclic) bond motifs is 3. The average molecular weight is 402 g/mol. The zero-order valence-corrected chi connectivity index (χ0v) is 16.4. The first-order valence-corrected chi connectivity index (χ1v) is 10.7. The highest BCUT2D eigenvalue weighted by atomic mass is 32.2. The van der Waals surface area contributed by atoms with Crippen molar-refractivity contribution in [2.45, 2.75) is 10.1 Å². The Morgan fingerprint density at radius 2 is 1.79 bits per heavy atom. The summed E-state index contributed by atoms with van der Waals surface area (Å²) in [6, 6.07) is 23.8. The molecule has 0 N–H and O–H groups in total. The molecule has 2 heterocycles. The first-order chi connectivity index (χ1) is 13.8. The maximum absolute atomic E-state index is 12.1. The van der Waals surface area contributed by atoms with Crippen LogP contribution in [0, 0.1) is 0 Å². The van der Waals surface area contributed by atoms with Crippen molar-refractivity contribution < 1.29 is 4.42 Å². The van der Waals surface area contributed by atoms with Crippen molar-refractivity contribution in [3.05, 3.63) is 94.2 Å². The summed E-state index contributed by atoms with van der Waals surface area (Å²) in [5.74, 6) is 0.665. The Labute approximate surface area is 169 Å². The summed E-state index contributed by atoms with van der Waals surface area (Å²) >= 11 is 3.28. The molecule has 0 atom stereocenters. The van der Waals surface area contributed by atoms with Crippen LogP contribution in [-0.4, -0.2) is 4.98 Å². The summed E-state index contributed by atoms with van der Waals surface area (Å²) in [5.41, 5.74) is 3.39. The fraction of sp³-hybridized carbons (Fsp3) is 0.0435. The molecule has 0 bridgehead atoms. The molecule has 136 valence electrons. The van der Waals surface area contributed by atoms with Crippen LogP contribution in [0.3, 0.4) is 0 Å². The van der Waals surface area contributed by atoms with Crippen LogP contribution in [0.2, 0.25) is 0 Å². The number of nitrogens with zero attached hydrogens (tertiary/aromatic N) is 1. The molecule has 0 saturated carbocycles. The molecule has 2 aromatic heterocycles. The minimum absolute atomic E-state index is 0.317. The highest BCUT2D eigenvalue weighted by molar-refractivity contribution is 8.00. The predicted octanol–water partition coefficient (Wildman–Crippen LogP) is 6.36. The zero-order chi connectivity index (χ0) is 18.9. The van der Waals surface area contributed by atoms with Crippen LogP contribution >= 0.6 is 23.1 Å². The van der Waals surface area contributed by atoms with Gasteiger partial charge in [-0.25, -0.2) is 9.78 Å². The molecule has 0 aliphatic carbocycles. The minimum Gasteiger partial charge on any atom is -0.423 e. The minimum atomic E-state index is -0.317. The summed E-state index contributed by atoms with van der Waals surface area (Å²) in [4.78, 5) is 16.8. The van der Waals surface area contributed by atoms with Crippen LogP contribution in [0.1, 0.15) is 5.56 Å². The lowest BCUT2D eigenvalue weighted by molar-refractivity contribution is 0.560. The number of hydrogen-bond acceptors (Lipinski definition) is 5. The molecular formula is C23H15NO2S2. The van der Waals surface area contributed by atoms with E-state index in [1.165, 1.54) is 0 Å². The van der Waals surface area contributed by atoms with Gasteiger partial charge in [0, 0.05) is 28.1 Å². The summed E-state index contributed by atoms with van der Waals surface area (Å²) in [6.07, 6.45) is 0. The van der Waals surface area contributed by atoms with Crippen molar-refractivity contribution in [3.63, 3.8) is 0 Å². The Kier molecular flexibility index (Phi) is 4.47. The molecule has 5 rings (SSSR count). The van der Waals surface area contributed by atoms with Crippen LogP contribution in [0.25, 0.3) is 33.0 Å². The van der Waals surface area contributed by atoms with Gasteiger partial charge in [-0.15, -0.1) is 11.3 Å². The second kappa shape index (κ2) is 7.26. The van der Waals surface area contributed by atoms with E-state index in [1.54, 1.807) is 29.2 Å². The second-order valence-corrected chi connectivity index (χ2v) is 8.48. The van der Waals surface area contributed by atoms with E-state index in [9.17, 15) is 4.79 Å². The molecule has 28 heavy (non-hydrogen) atoms. The van der Waals surface area contributed by atoms with Gasteiger partial charge in [0.05, 0.1) is 5.69 Å². The molecule has 0 amide bonds. The molecule has 5 heteroatoms.